The number of allylic oxidation sites excluding steroid dienone is 1. The molecule has 0 aliphatic carbocycles. The van der Waals surface area contributed by atoms with Gasteiger partial charge in [-0.05, 0) is 82.2 Å². The molecule has 0 unspecified atom stereocenters. The van der Waals surface area contributed by atoms with Crippen LogP contribution in [0.15, 0.2) is 75.7 Å². The van der Waals surface area contributed by atoms with Crippen molar-refractivity contribution >= 4 is 23.4 Å². The number of rotatable bonds is 6. The molecule has 0 fully saturated rings. The Morgan fingerprint density at radius 2 is 1.74 bits per heavy atom. The van der Waals surface area contributed by atoms with Crippen LogP contribution in [0.3, 0.4) is 0 Å². The van der Waals surface area contributed by atoms with Gasteiger partial charge in [0.2, 0.25) is 0 Å². The lowest BCUT2D eigenvalue weighted by Crippen LogP contribution is -2.39. The zero-order valence-corrected chi connectivity index (χ0v) is 23.8. The maximum Gasteiger partial charge on any atom is 0.338 e. The SMILES string of the molecule is CCOC(=O)C1=C(C)N=c2s/c(=C/c3cc(C)n(-c4ccc(C)cc4)c3C)c(=O)n2[C@H]1c1ccc(OC)cc1. The molecule has 0 spiro atoms. The number of hydrogen-bond acceptors (Lipinski definition) is 6. The van der Waals surface area contributed by atoms with E-state index in [4.69, 9.17) is 9.47 Å². The van der Waals surface area contributed by atoms with Crippen molar-refractivity contribution in [1.82, 2.24) is 9.13 Å². The number of methoxy groups -OCH3 is 1. The molecule has 0 radical (unpaired) electrons. The first kappa shape index (κ1) is 26.4. The van der Waals surface area contributed by atoms with E-state index in [1.165, 1.54) is 16.9 Å². The van der Waals surface area contributed by atoms with E-state index >= 15 is 0 Å². The van der Waals surface area contributed by atoms with Gasteiger partial charge < -0.3 is 14.0 Å². The van der Waals surface area contributed by atoms with Crippen LogP contribution < -0.4 is 19.6 Å². The number of aromatic nitrogens is 2. The molecule has 7 nitrogen and oxygen atoms in total. The highest BCUT2D eigenvalue weighted by molar-refractivity contribution is 7.07. The van der Waals surface area contributed by atoms with Gasteiger partial charge in [-0.2, -0.15) is 0 Å². The van der Waals surface area contributed by atoms with E-state index < -0.39 is 12.0 Å². The molecule has 2 aromatic heterocycles. The van der Waals surface area contributed by atoms with Crippen molar-refractivity contribution in [2.75, 3.05) is 13.7 Å². The van der Waals surface area contributed by atoms with Crippen LogP contribution >= 0.6 is 11.3 Å². The first-order chi connectivity index (χ1) is 18.7. The minimum Gasteiger partial charge on any atom is -0.497 e. The number of nitrogens with zero attached hydrogens (tertiary/aromatic N) is 3. The molecule has 200 valence electrons. The van der Waals surface area contributed by atoms with Crippen molar-refractivity contribution in [2.45, 2.75) is 40.7 Å². The van der Waals surface area contributed by atoms with Crippen LogP contribution in [-0.4, -0.2) is 28.8 Å². The van der Waals surface area contributed by atoms with Crippen LogP contribution in [0.25, 0.3) is 11.8 Å². The number of aryl methyl sites for hydroxylation is 2. The van der Waals surface area contributed by atoms with Gasteiger partial charge in [0.25, 0.3) is 5.56 Å². The summed E-state index contributed by atoms with van der Waals surface area (Å²) in [7, 11) is 1.60. The van der Waals surface area contributed by atoms with Gasteiger partial charge >= 0.3 is 5.97 Å². The normalized spacial score (nSPS) is 15.2. The Kier molecular flexibility index (Phi) is 7.14. The third kappa shape index (κ3) is 4.76. The van der Waals surface area contributed by atoms with Crippen molar-refractivity contribution in [3.05, 3.63) is 114 Å². The third-order valence-corrected chi connectivity index (χ3v) is 7.98. The average molecular weight is 542 g/mol. The number of esters is 1. The summed E-state index contributed by atoms with van der Waals surface area (Å²) in [4.78, 5) is 32.3. The van der Waals surface area contributed by atoms with Crippen LogP contribution in [0, 0.1) is 20.8 Å². The molecule has 1 aliphatic heterocycles. The predicted octanol–water partition coefficient (Wildman–Crippen LogP) is 4.52. The Labute approximate surface area is 231 Å². The molecule has 0 bridgehead atoms. The molecule has 8 heteroatoms. The van der Waals surface area contributed by atoms with Crippen LogP contribution in [-0.2, 0) is 9.53 Å². The number of thiazole rings is 1. The number of fused-ring (bicyclic) bond motifs is 1. The van der Waals surface area contributed by atoms with Gasteiger partial charge in [0.1, 0.15) is 5.75 Å². The molecule has 3 heterocycles. The smallest absolute Gasteiger partial charge is 0.338 e. The zero-order chi connectivity index (χ0) is 27.8. The van der Waals surface area contributed by atoms with E-state index in [0.717, 1.165) is 28.2 Å². The molecule has 5 rings (SSSR count). The van der Waals surface area contributed by atoms with Crippen molar-refractivity contribution < 1.29 is 14.3 Å². The van der Waals surface area contributed by atoms with Crippen LogP contribution in [0.2, 0.25) is 0 Å². The predicted molar refractivity (Wildman–Crippen MR) is 153 cm³/mol. The number of hydrogen-bond donors (Lipinski definition) is 0. The lowest BCUT2D eigenvalue weighted by atomic mass is 9.96. The van der Waals surface area contributed by atoms with Gasteiger partial charge in [-0.1, -0.05) is 41.2 Å². The average Bonchev–Trinajstić information content (AvgIpc) is 3.38. The molecule has 0 saturated carbocycles. The first-order valence-corrected chi connectivity index (χ1v) is 13.6. The van der Waals surface area contributed by atoms with Crippen LogP contribution in [0.5, 0.6) is 5.75 Å². The monoisotopic (exact) mass is 541 g/mol. The van der Waals surface area contributed by atoms with Gasteiger partial charge in [-0.25, -0.2) is 9.79 Å². The van der Waals surface area contributed by atoms with E-state index in [-0.39, 0.29) is 12.2 Å². The second-order valence-corrected chi connectivity index (χ2v) is 10.6. The maximum atomic E-state index is 13.9. The molecule has 39 heavy (non-hydrogen) atoms. The number of benzene rings is 2. The van der Waals surface area contributed by atoms with Crippen LogP contribution in [0.4, 0.5) is 0 Å². The molecule has 0 saturated heterocycles. The summed E-state index contributed by atoms with van der Waals surface area (Å²) in [6, 6.07) is 17.2. The van der Waals surface area contributed by atoms with Gasteiger partial charge in [0, 0.05) is 17.1 Å². The second kappa shape index (κ2) is 10.5. The summed E-state index contributed by atoms with van der Waals surface area (Å²) in [6.07, 6.45) is 1.92. The Bertz CT molecular complexity index is 1770. The molecule has 0 amide bonds. The molecular weight excluding hydrogens is 510 g/mol. The van der Waals surface area contributed by atoms with Gasteiger partial charge in [0.05, 0.1) is 35.6 Å². The molecule has 1 aliphatic rings. The highest BCUT2D eigenvalue weighted by Crippen LogP contribution is 2.31. The van der Waals surface area contributed by atoms with Crippen molar-refractivity contribution in [2.24, 2.45) is 4.99 Å². The van der Waals surface area contributed by atoms with E-state index in [9.17, 15) is 9.59 Å². The fourth-order valence-electron chi connectivity index (χ4n) is 5.06. The molecule has 4 aromatic rings. The fraction of sp³-hybridized carbons (Fsp3) is 0.258. The Balaban J connectivity index is 1.68. The van der Waals surface area contributed by atoms with Crippen molar-refractivity contribution in [3.63, 3.8) is 0 Å². The maximum absolute atomic E-state index is 13.9. The zero-order valence-electron chi connectivity index (χ0n) is 22.9. The molecular formula is C31H31N3O4S. The van der Waals surface area contributed by atoms with Crippen molar-refractivity contribution in [1.29, 1.82) is 0 Å². The highest BCUT2D eigenvalue weighted by Gasteiger charge is 2.33. The standard InChI is InChI=1S/C31H31N3O4S/c1-7-38-30(36)27-20(4)32-31-34(28(27)22-10-14-25(37-6)15-11-22)29(35)26(39-31)17-23-16-19(3)33(21(23)5)24-12-8-18(2)9-13-24/h8-17,28H,7H2,1-6H3/b26-17+/t28-/m0/s1. The topological polar surface area (TPSA) is 74.8 Å². The van der Waals surface area contributed by atoms with E-state index in [1.807, 2.05) is 30.3 Å². The Morgan fingerprint density at radius 1 is 1.05 bits per heavy atom. The quantitative estimate of drug-likeness (QED) is 0.337. The summed E-state index contributed by atoms with van der Waals surface area (Å²) in [6.45, 7) is 9.96. The third-order valence-electron chi connectivity index (χ3n) is 7.00. The van der Waals surface area contributed by atoms with E-state index in [0.29, 0.717) is 26.4 Å². The summed E-state index contributed by atoms with van der Waals surface area (Å²) in [5.41, 5.74) is 6.83. The summed E-state index contributed by atoms with van der Waals surface area (Å²) in [5, 5.41) is 0. The van der Waals surface area contributed by atoms with Crippen LogP contribution in [0.1, 0.15) is 48.0 Å². The molecule has 0 N–H and O–H groups in total. The fourth-order valence-corrected chi connectivity index (χ4v) is 6.10. The lowest BCUT2D eigenvalue weighted by Gasteiger charge is -2.24. The van der Waals surface area contributed by atoms with Gasteiger partial charge in [-0.3, -0.25) is 9.36 Å². The van der Waals surface area contributed by atoms with E-state index in [1.54, 1.807) is 25.5 Å². The summed E-state index contributed by atoms with van der Waals surface area (Å²) >= 11 is 1.32. The van der Waals surface area contributed by atoms with Gasteiger partial charge in [-0.15, -0.1) is 0 Å². The minimum absolute atomic E-state index is 0.200. The van der Waals surface area contributed by atoms with Crippen molar-refractivity contribution in [3.8, 4) is 11.4 Å². The first-order valence-electron chi connectivity index (χ1n) is 12.8. The highest BCUT2D eigenvalue weighted by atomic mass is 32.1. The molecule has 2 aromatic carbocycles. The number of ether oxygens (including phenoxy) is 2. The van der Waals surface area contributed by atoms with Gasteiger partial charge in [0.15, 0.2) is 4.80 Å². The van der Waals surface area contributed by atoms with E-state index in [2.05, 4.69) is 60.7 Å². The lowest BCUT2D eigenvalue weighted by molar-refractivity contribution is -0.139. The number of carbonyl (C=O) groups excluding carboxylic acids is 1. The number of carbonyl (C=O) groups is 1. The summed E-state index contributed by atoms with van der Waals surface area (Å²) in [5.74, 6) is 0.212. The Morgan fingerprint density at radius 3 is 2.38 bits per heavy atom. The molecule has 1 atom stereocenters. The largest absolute Gasteiger partial charge is 0.497 e. The summed E-state index contributed by atoms with van der Waals surface area (Å²) < 4.78 is 15.0. The Hall–Kier alpha value is -4.17. The second-order valence-electron chi connectivity index (χ2n) is 9.57. The minimum atomic E-state index is -0.659.